The number of piperidine rings is 1. The molecular formula is C15H18N2O3. The van der Waals surface area contributed by atoms with Crippen LogP contribution >= 0.6 is 0 Å². The van der Waals surface area contributed by atoms with E-state index in [2.05, 4.69) is 0 Å². The fourth-order valence-electron chi connectivity index (χ4n) is 2.26. The average molecular weight is 274 g/mol. The van der Waals surface area contributed by atoms with Crippen molar-refractivity contribution in [1.29, 1.82) is 0 Å². The van der Waals surface area contributed by atoms with E-state index >= 15 is 0 Å². The van der Waals surface area contributed by atoms with E-state index in [9.17, 15) is 9.59 Å². The fourth-order valence-corrected chi connectivity index (χ4v) is 2.26. The second-order valence-electron chi connectivity index (χ2n) is 4.96. The van der Waals surface area contributed by atoms with Gasteiger partial charge in [0.2, 0.25) is 5.91 Å². The number of rotatable bonds is 3. The quantitative estimate of drug-likeness (QED) is 0.648. The van der Waals surface area contributed by atoms with Crippen LogP contribution in [0, 0.1) is 5.92 Å². The van der Waals surface area contributed by atoms with Gasteiger partial charge in [-0.25, -0.2) is 0 Å². The maximum Gasteiger partial charge on any atom is 0.308 e. The third kappa shape index (κ3) is 3.60. The van der Waals surface area contributed by atoms with Gasteiger partial charge in [-0.1, -0.05) is 12.1 Å². The zero-order valence-corrected chi connectivity index (χ0v) is 11.2. The number of carboxylic acid groups (broad SMARTS) is 1. The Kier molecular flexibility index (Phi) is 4.40. The van der Waals surface area contributed by atoms with E-state index in [0.29, 0.717) is 25.2 Å². The minimum Gasteiger partial charge on any atom is -0.481 e. The summed E-state index contributed by atoms with van der Waals surface area (Å²) >= 11 is 0. The molecule has 0 aromatic heterocycles. The third-order valence-corrected chi connectivity index (χ3v) is 3.44. The van der Waals surface area contributed by atoms with Crippen LogP contribution in [0.2, 0.25) is 0 Å². The zero-order valence-electron chi connectivity index (χ0n) is 11.2. The van der Waals surface area contributed by atoms with Gasteiger partial charge in [0.25, 0.3) is 0 Å². The van der Waals surface area contributed by atoms with Gasteiger partial charge in [-0.05, 0) is 36.6 Å². The van der Waals surface area contributed by atoms with Crippen molar-refractivity contribution in [3.8, 4) is 0 Å². The van der Waals surface area contributed by atoms with Crippen molar-refractivity contribution in [2.75, 3.05) is 18.8 Å². The molecule has 20 heavy (non-hydrogen) atoms. The van der Waals surface area contributed by atoms with E-state index in [1.54, 1.807) is 23.1 Å². The normalized spacial score (nSPS) is 19.2. The van der Waals surface area contributed by atoms with E-state index in [0.717, 1.165) is 12.0 Å². The molecule has 1 fully saturated rings. The number of amides is 1. The molecule has 1 atom stereocenters. The van der Waals surface area contributed by atoms with Crippen molar-refractivity contribution in [1.82, 2.24) is 4.90 Å². The topological polar surface area (TPSA) is 83.6 Å². The average Bonchev–Trinajstić information content (AvgIpc) is 2.46. The Balaban J connectivity index is 1.97. The van der Waals surface area contributed by atoms with Crippen molar-refractivity contribution in [3.63, 3.8) is 0 Å². The van der Waals surface area contributed by atoms with E-state index in [1.807, 2.05) is 12.1 Å². The second kappa shape index (κ2) is 6.23. The molecule has 2 rings (SSSR count). The Morgan fingerprint density at radius 3 is 2.65 bits per heavy atom. The molecule has 1 saturated heterocycles. The van der Waals surface area contributed by atoms with Gasteiger partial charge in [0.15, 0.2) is 0 Å². The summed E-state index contributed by atoms with van der Waals surface area (Å²) in [5.41, 5.74) is 7.15. The molecule has 3 N–H and O–H groups in total. The Morgan fingerprint density at radius 2 is 2.00 bits per heavy atom. The molecule has 1 aliphatic rings. The van der Waals surface area contributed by atoms with Gasteiger partial charge in [0.1, 0.15) is 0 Å². The number of benzene rings is 1. The Labute approximate surface area is 117 Å². The molecule has 0 radical (unpaired) electrons. The summed E-state index contributed by atoms with van der Waals surface area (Å²) in [5, 5.41) is 9.00. The highest BCUT2D eigenvalue weighted by molar-refractivity contribution is 5.92. The molecule has 1 heterocycles. The van der Waals surface area contributed by atoms with E-state index in [4.69, 9.17) is 10.8 Å². The highest BCUT2D eigenvalue weighted by Gasteiger charge is 2.26. The first kappa shape index (κ1) is 14.1. The number of carbonyl (C=O) groups excluding carboxylic acids is 1. The van der Waals surface area contributed by atoms with Crippen molar-refractivity contribution < 1.29 is 14.7 Å². The van der Waals surface area contributed by atoms with Gasteiger partial charge in [0, 0.05) is 24.9 Å². The molecule has 0 saturated carbocycles. The highest BCUT2D eigenvalue weighted by Crippen LogP contribution is 2.17. The molecule has 0 aliphatic carbocycles. The summed E-state index contributed by atoms with van der Waals surface area (Å²) < 4.78 is 0. The first-order valence-electron chi connectivity index (χ1n) is 6.61. The highest BCUT2D eigenvalue weighted by atomic mass is 16.4. The lowest BCUT2D eigenvalue weighted by molar-refractivity contribution is -0.144. The van der Waals surface area contributed by atoms with Gasteiger partial charge in [-0.3, -0.25) is 9.59 Å². The molecule has 0 spiro atoms. The molecule has 5 heteroatoms. The Hall–Kier alpha value is -2.30. The van der Waals surface area contributed by atoms with Crippen molar-refractivity contribution >= 4 is 23.6 Å². The van der Waals surface area contributed by atoms with Crippen molar-refractivity contribution in [2.45, 2.75) is 12.8 Å². The SMILES string of the molecule is Nc1ccc(/C=C/C(=O)N2CCCC(C(=O)O)C2)cc1. The molecule has 1 amide bonds. The van der Waals surface area contributed by atoms with Crippen LogP contribution in [-0.4, -0.2) is 35.0 Å². The third-order valence-electron chi connectivity index (χ3n) is 3.44. The largest absolute Gasteiger partial charge is 0.481 e. The number of anilines is 1. The molecule has 0 bridgehead atoms. The number of hydrogen-bond donors (Lipinski definition) is 2. The number of carboxylic acids is 1. The number of nitrogen functional groups attached to an aromatic ring is 1. The van der Waals surface area contributed by atoms with Crippen molar-refractivity contribution in [3.05, 3.63) is 35.9 Å². The summed E-state index contributed by atoms with van der Waals surface area (Å²) in [6, 6.07) is 7.20. The molecule has 5 nitrogen and oxygen atoms in total. The minimum atomic E-state index is -0.829. The number of nitrogens with zero attached hydrogens (tertiary/aromatic N) is 1. The standard InChI is InChI=1S/C15H18N2O3/c16-13-6-3-11(4-7-13)5-8-14(18)17-9-1-2-12(10-17)15(19)20/h3-8,12H,1-2,9-10,16H2,(H,19,20)/b8-5+. The number of nitrogens with two attached hydrogens (primary N) is 1. The van der Waals surface area contributed by atoms with E-state index < -0.39 is 11.9 Å². The van der Waals surface area contributed by atoms with Crippen LogP contribution < -0.4 is 5.73 Å². The fraction of sp³-hybridized carbons (Fsp3) is 0.333. The van der Waals surface area contributed by atoms with Gasteiger partial charge >= 0.3 is 5.97 Å². The maximum absolute atomic E-state index is 12.0. The van der Waals surface area contributed by atoms with Gasteiger partial charge in [0.05, 0.1) is 5.92 Å². The molecule has 1 aromatic carbocycles. The molecule has 1 aromatic rings. The smallest absolute Gasteiger partial charge is 0.308 e. The van der Waals surface area contributed by atoms with Crippen LogP contribution in [0.1, 0.15) is 18.4 Å². The van der Waals surface area contributed by atoms with Crippen LogP contribution in [0.15, 0.2) is 30.3 Å². The summed E-state index contributed by atoms with van der Waals surface area (Å²) in [6.07, 6.45) is 4.57. The van der Waals surface area contributed by atoms with Crippen LogP contribution in [0.25, 0.3) is 6.08 Å². The predicted octanol–water partition coefficient (Wildman–Crippen LogP) is 1.61. The summed E-state index contributed by atoms with van der Waals surface area (Å²) in [5.74, 6) is -1.42. The summed E-state index contributed by atoms with van der Waals surface area (Å²) in [4.78, 5) is 24.6. The zero-order chi connectivity index (χ0) is 14.5. The molecular weight excluding hydrogens is 256 g/mol. The van der Waals surface area contributed by atoms with Crippen LogP contribution in [0.4, 0.5) is 5.69 Å². The lowest BCUT2D eigenvalue weighted by atomic mass is 9.98. The summed E-state index contributed by atoms with van der Waals surface area (Å²) in [6.45, 7) is 0.912. The van der Waals surface area contributed by atoms with Crippen LogP contribution in [0.5, 0.6) is 0 Å². The van der Waals surface area contributed by atoms with Crippen LogP contribution in [0.3, 0.4) is 0 Å². The molecule has 106 valence electrons. The second-order valence-corrected chi connectivity index (χ2v) is 4.96. The van der Waals surface area contributed by atoms with Gasteiger partial charge < -0.3 is 15.7 Å². The number of aliphatic carboxylic acids is 1. The first-order valence-corrected chi connectivity index (χ1v) is 6.61. The minimum absolute atomic E-state index is 0.146. The van der Waals surface area contributed by atoms with E-state index in [-0.39, 0.29) is 5.91 Å². The van der Waals surface area contributed by atoms with Gasteiger partial charge in [-0.2, -0.15) is 0 Å². The Morgan fingerprint density at radius 1 is 1.30 bits per heavy atom. The summed E-state index contributed by atoms with van der Waals surface area (Å²) in [7, 11) is 0. The maximum atomic E-state index is 12.0. The Bertz CT molecular complexity index is 522. The lowest BCUT2D eigenvalue weighted by Gasteiger charge is -2.29. The monoisotopic (exact) mass is 274 g/mol. The number of carbonyl (C=O) groups is 2. The first-order chi connectivity index (χ1) is 9.56. The van der Waals surface area contributed by atoms with Gasteiger partial charge in [-0.15, -0.1) is 0 Å². The molecule has 1 aliphatic heterocycles. The molecule has 1 unspecified atom stereocenters. The van der Waals surface area contributed by atoms with Crippen LogP contribution in [-0.2, 0) is 9.59 Å². The number of likely N-dealkylation sites (tertiary alicyclic amines) is 1. The van der Waals surface area contributed by atoms with Crippen molar-refractivity contribution in [2.24, 2.45) is 5.92 Å². The predicted molar refractivity (Wildman–Crippen MR) is 76.8 cm³/mol. The lowest BCUT2D eigenvalue weighted by Crippen LogP contribution is -2.41. The van der Waals surface area contributed by atoms with E-state index in [1.165, 1.54) is 6.08 Å². The number of hydrogen-bond acceptors (Lipinski definition) is 3.